The summed E-state index contributed by atoms with van der Waals surface area (Å²) in [5.74, 6) is 0.954. The number of aliphatic imine (C=N–C) groups is 1. The molecule has 0 saturated heterocycles. The van der Waals surface area contributed by atoms with Crippen LogP contribution in [0, 0.1) is 0 Å². The molecule has 0 radical (unpaired) electrons. The lowest BCUT2D eigenvalue weighted by Crippen LogP contribution is -2.21. The first-order valence-electron chi connectivity index (χ1n) is 7.98. The Labute approximate surface area is 135 Å². The minimum Gasteiger partial charge on any atom is -0.392 e. The highest BCUT2D eigenvalue weighted by atomic mass is 16.3. The summed E-state index contributed by atoms with van der Waals surface area (Å²) in [5, 5.41) is 12.7. The van der Waals surface area contributed by atoms with E-state index in [0.29, 0.717) is 6.04 Å². The van der Waals surface area contributed by atoms with Crippen molar-refractivity contribution in [1.82, 2.24) is 9.88 Å². The summed E-state index contributed by atoms with van der Waals surface area (Å²) in [7, 11) is 2.02. The fourth-order valence-electron chi connectivity index (χ4n) is 2.75. The summed E-state index contributed by atoms with van der Waals surface area (Å²) in [6.45, 7) is 0.883. The average molecular weight is 308 g/mol. The Balaban J connectivity index is 1.76. The predicted molar refractivity (Wildman–Crippen MR) is 91.9 cm³/mol. The van der Waals surface area contributed by atoms with E-state index < -0.39 is 0 Å². The average Bonchev–Trinajstić information content (AvgIpc) is 3.39. The van der Waals surface area contributed by atoms with Crippen molar-refractivity contribution in [2.24, 2.45) is 4.99 Å². The second kappa shape index (κ2) is 5.66. The summed E-state index contributed by atoms with van der Waals surface area (Å²) < 4.78 is 0. The van der Waals surface area contributed by atoms with Crippen LogP contribution in [-0.4, -0.2) is 34.4 Å². The molecule has 2 heterocycles. The molecule has 0 spiro atoms. The number of hydrogen-bond acceptors (Lipinski definition) is 5. The Bertz CT molecular complexity index is 750. The minimum atomic E-state index is 0.0585. The van der Waals surface area contributed by atoms with Crippen LogP contribution in [0.25, 0.3) is 11.3 Å². The van der Waals surface area contributed by atoms with Gasteiger partial charge in [0.2, 0.25) is 0 Å². The van der Waals surface area contributed by atoms with Crippen molar-refractivity contribution in [2.75, 3.05) is 12.4 Å². The second-order valence-corrected chi connectivity index (χ2v) is 6.29. The van der Waals surface area contributed by atoms with Gasteiger partial charge in [0.15, 0.2) is 0 Å². The van der Waals surface area contributed by atoms with Crippen molar-refractivity contribution in [3.8, 4) is 11.3 Å². The first-order valence-corrected chi connectivity index (χ1v) is 7.98. The fraction of sp³-hybridized carbons (Fsp3) is 0.333. The van der Waals surface area contributed by atoms with Gasteiger partial charge in [-0.2, -0.15) is 0 Å². The largest absolute Gasteiger partial charge is 0.392 e. The van der Waals surface area contributed by atoms with Gasteiger partial charge in [-0.3, -0.25) is 0 Å². The van der Waals surface area contributed by atoms with Crippen LogP contribution in [0.3, 0.4) is 0 Å². The van der Waals surface area contributed by atoms with E-state index in [-0.39, 0.29) is 6.61 Å². The maximum absolute atomic E-state index is 9.18. The molecule has 1 aliphatic heterocycles. The van der Waals surface area contributed by atoms with Gasteiger partial charge in [0, 0.05) is 30.8 Å². The molecular weight excluding hydrogens is 288 g/mol. The smallest absolute Gasteiger partial charge is 0.134 e. The number of nitrogens with one attached hydrogen (secondary N) is 1. The Morgan fingerprint density at radius 1 is 1.26 bits per heavy atom. The Kier molecular flexibility index (Phi) is 3.50. The van der Waals surface area contributed by atoms with Crippen molar-refractivity contribution in [1.29, 1.82) is 0 Å². The lowest BCUT2D eigenvalue weighted by Gasteiger charge is -2.23. The molecule has 2 N–H and O–H groups in total. The topological polar surface area (TPSA) is 60.8 Å². The van der Waals surface area contributed by atoms with E-state index in [2.05, 4.69) is 15.2 Å². The van der Waals surface area contributed by atoms with E-state index in [0.717, 1.165) is 40.4 Å². The number of rotatable bonds is 4. The molecule has 5 nitrogen and oxygen atoms in total. The number of anilines is 1. The number of fused-ring (bicyclic) bond motifs is 1. The van der Waals surface area contributed by atoms with Crippen molar-refractivity contribution in [3.05, 3.63) is 41.5 Å². The van der Waals surface area contributed by atoms with Crippen molar-refractivity contribution in [3.63, 3.8) is 0 Å². The highest BCUT2D eigenvalue weighted by Gasteiger charge is 2.25. The third kappa shape index (κ3) is 2.92. The predicted octanol–water partition coefficient (Wildman–Crippen LogP) is 2.92. The lowest BCUT2D eigenvalue weighted by atomic mass is 10.1. The van der Waals surface area contributed by atoms with E-state index in [9.17, 15) is 5.11 Å². The molecule has 1 aliphatic carbocycles. The molecule has 1 fully saturated rings. The summed E-state index contributed by atoms with van der Waals surface area (Å²) >= 11 is 0. The third-order valence-corrected chi connectivity index (χ3v) is 4.25. The zero-order chi connectivity index (χ0) is 15.8. The molecule has 118 valence electrons. The lowest BCUT2D eigenvalue weighted by molar-refractivity contribution is 0.282. The van der Waals surface area contributed by atoms with Crippen molar-refractivity contribution in [2.45, 2.75) is 32.0 Å². The molecule has 0 amide bonds. The molecule has 0 bridgehead atoms. The standard InChI is InChI=1S/C18H20N4O/c1-22-9-15-17(19-11-22)8-16(21-18(15)20-14-6-7-14)13-4-2-12(10-23)3-5-13/h2-5,8,11,14,23H,6-7,9-10H2,1H3,(H,20,21). The van der Waals surface area contributed by atoms with Crippen LogP contribution in [0.5, 0.6) is 0 Å². The van der Waals surface area contributed by atoms with Gasteiger partial charge in [-0.05, 0) is 24.5 Å². The summed E-state index contributed by atoms with van der Waals surface area (Å²) in [5.41, 5.74) is 5.01. The van der Waals surface area contributed by atoms with E-state index in [1.54, 1.807) is 0 Å². The van der Waals surface area contributed by atoms with Crippen LogP contribution >= 0.6 is 0 Å². The zero-order valence-electron chi connectivity index (χ0n) is 13.2. The van der Waals surface area contributed by atoms with Crippen LogP contribution in [0.1, 0.15) is 24.0 Å². The first kappa shape index (κ1) is 14.2. The number of nitrogens with zero attached hydrogens (tertiary/aromatic N) is 3. The molecule has 23 heavy (non-hydrogen) atoms. The van der Waals surface area contributed by atoms with Gasteiger partial charge in [0.1, 0.15) is 5.82 Å². The van der Waals surface area contributed by atoms with E-state index in [1.165, 1.54) is 12.8 Å². The first-order chi connectivity index (χ1) is 11.2. The normalized spacial score (nSPS) is 16.3. The van der Waals surface area contributed by atoms with Crippen LogP contribution < -0.4 is 5.32 Å². The van der Waals surface area contributed by atoms with Gasteiger partial charge in [-0.25, -0.2) is 9.98 Å². The third-order valence-electron chi connectivity index (χ3n) is 4.25. The summed E-state index contributed by atoms with van der Waals surface area (Å²) in [4.78, 5) is 11.5. The quantitative estimate of drug-likeness (QED) is 0.911. The Hall–Kier alpha value is -2.40. The molecule has 4 rings (SSSR count). The van der Waals surface area contributed by atoms with Gasteiger partial charge in [0.05, 0.1) is 24.3 Å². The van der Waals surface area contributed by atoms with E-state index in [1.807, 2.05) is 43.7 Å². The monoisotopic (exact) mass is 308 g/mol. The molecule has 2 aliphatic rings. The number of aliphatic hydroxyl groups is 1. The van der Waals surface area contributed by atoms with Crippen LogP contribution in [0.4, 0.5) is 11.5 Å². The number of hydrogen-bond donors (Lipinski definition) is 2. The van der Waals surface area contributed by atoms with Crippen molar-refractivity contribution >= 4 is 17.8 Å². The number of aromatic nitrogens is 1. The van der Waals surface area contributed by atoms with Crippen LogP contribution in [0.15, 0.2) is 35.3 Å². The maximum atomic E-state index is 9.18. The van der Waals surface area contributed by atoms with Crippen LogP contribution in [-0.2, 0) is 13.2 Å². The second-order valence-electron chi connectivity index (χ2n) is 6.29. The molecule has 0 atom stereocenters. The highest BCUT2D eigenvalue weighted by Crippen LogP contribution is 2.36. The molecule has 5 heteroatoms. The SMILES string of the molecule is CN1C=Nc2cc(-c3ccc(CO)cc3)nc(NC3CC3)c2C1. The van der Waals surface area contributed by atoms with Crippen LogP contribution in [0.2, 0.25) is 0 Å². The van der Waals surface area contributed by atoms with Gasteiger partial charge in [0.25, 0.3) is 0 Å². The molecule has 1 saturated carbocycles. The molecule has 1 aromatic carbocycles. The molecular formula is C18H20N4O. The minimum absolute atomic E-state index is 0.0585. The van der Waals surface area contributed by atoms with Crippen molar-refractivity contribution < 1.29 is 5.11 Å². The maximum Gasteiger partial charge on any atom is 0.134 e. The Morgan fingerprint density at radius 2 is 2.04 bits per heavy atom. The van der Waals surface area contributed by atoms with Gasteiger partial charge in [-0.1, -0.05) is 24.3 Å². The van der Waals surface area contributed by atoms with E-state index >= 15 is 0 Å². The number of aliphatic hydroxyl groups excluding tert-OH is 1. The summed E-state index contributed by atoms with van der Waals surface area (Å²) in [6.07, 6.45) is 4.29. The highest BCUT2D eigenvalue weighted by molar-refractivity contribution is 5.76. The molecule has 1 aromatic heterocycles. The summed E-state index contributed by atoms with van der Waals surface area (Å²) in [6, 6.07) is 10.5. The Morgan fingerprint density at radius 3 is 2.74 bits per heavy atom. The van der Waals surface area contributed by atoms with Gasteiger partial charge >= 0.3 is 0 Å². The van der Waals surface area contributed by atoms with Gasteiger partial charge < -0.3 is 15.3 Å². The zero-order valence-corrected chi connectivity index (χ0v) is 13.2. The number of benzene rings is 1. The van der Waals surface area contributed by atoms with E-state index in [4.69, 9.17) is 4.98 Å². The molecule has 0 unspecified atom stereocenters. The van der Waals surface area contributed by atoms with Gasteiger partial charge in [-0.15, -0.1) is 0 Å². The number of pyridine rings is 1. The molecule has 2 aromatic rings. The fourth-order valence-corrected chi connectivity index (χ4v) is 2.75.